The Morgan fingerprint density at radius 2 is 1.76 bits per heavy atom. The van der Waals surface area contributed by atoms with Gasteiger partial charge in [-0.1, -0.05) is 13.8 Å². The molecule has 0 unspecified atom stereocenters. The largest absolute Gasteiger partial charge is 0.390 e. The number of hydrogen-bond acceptors (Lipinski definition) is 2. The van der Waals surface area contributed by atoms with Crippen LogP contribution in [0.5, 0.6) is 0 Å². The van der Waals surface area contributed by atoms with Crippen molar-refractivity contribution in [1.29, 1.82) is 0 Å². The van der Waals surface area contributed by atoms with E-state index in [1.807, 2.05) is 13.8 Å². The van der Waals surface area contributed by atoms with E-state index >= 15 is 0 Å². The molecule has 2 N–H and O–H groups in total. The summed E-state index contributed by atoms with van der Waals surface area (Å²) in [6.07, 6.45) is -2.04. The summed E-state index contributed by atoms with van der Waals surface area (Å²) in [5.41, 5.74) is 5.02. The van der Waals surface area contributed by atoms with Gasteiger partial charge in [-0.05, 0) is 31.6 Å². The van der Waals surface area contributed by atoms with Gasteiger partial charge in [0.2, 0.25) is 5.91 Å². The third-order valence-electron chi connectivity index (χ3n) is 4.33. The average molecular weight is 331 g/mol. The fourth-order valence-electron chi connectivity index (χ4n) is 2.41. The van der Waals surface area contributed by atoms with Crippen LogP contribution in [0.15, 0.2) is 0 Å². The molecule has 0 radical (unpaired) electrons. The average Bonchev–Trinajstić information content (AvgIpc) is 3.20. The Kier molecular flexibility index (Phi) is 8.03. The van der Waals surface area contributed by atoms with Gasteiger partial charge in [0.1, 0.15) is 0 Å². The highest BCUT2D eigenvalue weighted by Gasteiger charge is 2.40. The van der Waals surface area contributed by atoms with Crippen LogP contribution in [0.4, 0.5) is 13.2 Å². The first kappa shape index (κ1) is 20.5. The van der Waals surface area contributed by atoms with Gasteiger partial charge >= 0.3 is 6.18 Å². The number of nitrogens with zero attached hydrogens (tertiary/aromatic N) is 1. The second-order valence-electron chi connectivity index (χ2n) is 5.75. The molecule has 0 aliphatic heterocycles. The number of nitrogens with two attached hydrogens (primary N) is 1. The van der Waals surface area contributed by atoms with E-state index in [4.69, 9.17) is 5.73 Å². The van der Waals surface area contributed by atoms with Gasteiger partial charge in [-0.2, -0.15) is 13.2 Å². The van der Waals surface area contributed by atoms with Gasteiger partial charge in [0, 0.05) is 19.6 Å². The first-order chi connectivity index (χ1) is 9.28. The highest BCUT2D eigenvalue weighted by Crippen LogP contribution is 2.34. The third-order valence-corrected chi connectivity index (χ3v) is 4.33. The molecule has 7 heteroatoms. The number of hydrogen-bond donors (Lipinski definition) is 1. The summed E-state index contributed by atoms with van der Waals surface area (Å²) < 4.78 is 37.2. The quantitative estimate of drug-likeness (QED) is 0.741. The van der Waals surface area contributed by atoms with Crippen molar-refractivity contribution in [3.05, 3.63) is 0 Å². The summed E-state index contributed by atoms with van der Waals surface area (Å²) >= 11 is 0. The maximum absolute atomic E-state index is 12.6. The molecule has 126 valence electrons. The zero-order chi connectivity index (χ0) is 15.4. The van der Waals surface area contributed by atoms with E-state index in [0.717, 1.165) is 12.8 Å². The van der Waals surface area contributed by atoms with Crippen LogP contribution in [-0.2, 0) is 4.79 Å². The van der Waals surface area contributed by atoms with E-state index in [-0.39, 0.29) is 31.4 Å². The molecule has 0 aromatic heterocycles. The molecule has 1 saturated carbocycles. The maximum Gasteiger partial charge on any atom is 0.390 e. The van der Waals surface area contributed by atoms with Crippen molar-refractivity contribution in [3.8, 4) is 0 Å². The summed E-state index contributed by atoms with van der Waals surface area (Å²) in [6, 6.07) is 0. The minimum Gasteiger partial charge on any atom is -0.342 e. The molecule has 3 nitrogen and oxygen atoms in total. The van der Waals surface area contributed by atoms with Gasteiger partial charge in [-0.25, -0.2) is 0 Å². The van der Waals surface area contributed by atoms with Crippen LogP contribution in [-0.4, -0.2) is 36.6 Å². The molecule has 1 aliphatic carbocycles. The van der Waals surface area contributed by atoms with Crippen LogP contribution in [0, 0.1) is 11.3 Å². The van der Waals surface area contributed by atoms with Gasteiger partial charge in [0.25, 0.3) is 0 Å². The van der Waals surface area contributed by atoms with Gasteiger partial charge in [-0.3, -0.25) is 4.79 Å². The topological polar surface area (TPSA) is 46.3 Å². The number of halogens is 4. The number of amides is 1. The zero-order valence-electron chi connectivity index (χ0n) is 12.7. The van der Waals surface area contributed by atoms with Crippen molar-refractivity contribution < 1.29 is 18.0 Å². The van der Waals surface area contributed by atoms with E-state index in [9.17, 15) is 18.0 Å². The smallest absolute Gasteiger partial charge is 0.342 e. The van der Waals surface area contributed by atoms with Crippen molar-refractivity contribution >= 4 is 18.3 Å². The lowest BCUT2D eigenvalue weighted by molar-refractivity contribution is -0.152. The molecule has 0 spiro atoms. The highest BCUT2D eigenvalue weighted by molar-refractivity contribution is 5.85. The predicted octanol–water partition coefficient (Wildman–Crippen LogP) is 3.36. The molecule has 0 aromatic rings. The number of carbonyl (C=O) groups is 1. The molecular weight excluding hydrogens is 305 g/mol. The van der Waals surface area contributed by atoms with Crippen LogP contribution in [0.3, 0.4) is 0 Å². The van der Waals surface area contributed by atoms with Gasteiger partial charge in [0.15, 0.2) is 0 Å². The molecule has 1 rings (SSSR count). The lowest BCUT2D eigenvalue weighted by Crippen LogP contribution is -2.49. The Morgan fingerprint density at radius 3 is 2.10 bits per heavy atom. The van der Waals surface area contributed by atoms with E-state index in [0.29, 0.717) is 25.3 Å². The minimum atomic E-state index is -4.23. The lowest BCUT2D eigenvalue weighted by atomic mass is 9.81. The zero-order valence-corrected chi connectivity index (χ0v) is 13.5. The normalized spacial score (nSPS) is 15.5. The molecule has 1 aliphatic rings. The van der Waals surface area contributed by atoms with E-state index < -0.39 is 18.0 Å². The molecule has 0 atom stereocenters. The van der Waals surface area contributed by atoms with Crippen molar-refractivity contribution in [1.82, 2.24) is 4.90 Å². The number of alkyl halides is 3. The van der Waals surface area contributed by atoms with Crippen molar-refractivity contribution in [2.45, 2.75) is 52.1 Å². The molecule has 21 heavy (non-hydrogen) atoms. The second-order valence-corrected chi connectivity index (χ2v) is 5.75. The monoisotopic (exact) mass is 330 g/mol. The van der Waals surface area contributed by atoms with Crippen molar-refractivity contribution in [2.24, 2.45) is 17.1 Å². The fourth-order valence-corrected chi connectivity index (χ4v) is 2.41. The van der Waals surface area contributed by atoms with Crippen LogP contribution < -0.4 is 5.73 Å². The summed E-state index contributed by atoms with van der Waals surface area (Å²) in [5.74, 6) is 0.164. The van der Waals surface area contributed by atoms with Gasteiger partial charge in [-0.15, -0.1) is 12.4 Å². The van der Waals surface area contributed by atoms with Crippen LogP contribution in [0.25, 0.3) is 0 Å². The van der Waals surface area contributed by atoms with E-state index in [2.05, 4.69) is 0 Å². The van der Waals surface area contributed by atoms with E-state index in [1.165, 1.54) is 4.90 Å². The molecule has 1 fully saturated rings. The summed E-state index contributed by atoms with van der Waals surface area (Å²) in [6.45, 7) is 4.11. The highest BCUT2D eigenvalue weighted by atomic mass is 35.5. The Balaban J connectivity index is 0.00000400. The summed E-state index contributed by atoms with van der Waals surface area (Å²) in [5, 5.41) is 0. The van der Waals surface area contributed by atoms with E-state index in [1.54, 1.807) is 0 Å². The molecule has 0 bridgehead atoms. The number of rotatable bonds is 8. The SMILES string of the molecule is CCC(CC)(CN)C(=O)N(CCC(F)(F)F)CC1CC1.Cl. The first-order valence-electron chi connectivity index (χ1n) is 7.34. The third kappa shape index (κ3) is 6.02. The van der Waals surface area contributed by atoms with Gasteiger partial charge < -0.3 is 10.6 Å². The predicted molar refractivity (Wildman–Crippen MR) is 79.3 cm³/mol. The van der Waals surface area contributed by atoms with Crippen LogP contribution in [0.1, 0.15) is 46.0 Å². The minimum absolute atomic E-state index is 0. The Bertz CT molecular complexity index is 320. The second kappa shape index (κ2) is 8.22. The first-order valence-corrected chi connectivity index (χ1v) is 7.34. The lowest BCUT2D eigenvalue weighted by Gasteiger charge is -2.35. The summed E-state index contributed by atoms with van der Waals surface area (Å²) in [4.78, 5) is 14.0. The molecule has 1 amide bonds. The summed E-state index contributed by atoms with van der Waals surface area (Å²) in [7, 11) is 0. The van der Waals surface area contributed by atoms with Gasteiger partial charge in [0.05, 0.1) is 11.8 Å². The molecule has 0 aromatic carbocycles. The Labute approximate surface area is 130 Å². The molecule has 0 saturated heterocycles. The maximum atomic E-state index is 12.6. The van der Waals surface area contributed by atoms with Crippen LogP contribution in [0.2, 0.25) is 0 Å². The molecule has 0 heterocycles. The Morgan fingerprint density at radius 1 is 1.24 bits per heavy atom. The molecular formula is C14H26ClF3N2O. The van der Waals surface area contributed by atoms with Crippen LogP contribution >= 0.6 is 12.4 Å². The van der Waals surface area contributed by atoms with Crippen molar-refractivity contribution in [3.63, 3.8) is 0 Å². The fraction of sp³-hybridized carbons (Fsp3) is 0.929. The number of carbonyl (C=O) groups excluding carboxylic acids is 1. The standard InChI is InChI=1S/C14H25F3N2O.ClH/c1-3-13(4-2,10-18)12(20)19(9-11-5-6-11)8-7-14(15,16)17;/h11H,3-10,18H2,1-2H3;1H. The van der Waals surface area contributed by atoms with Crippen molar-refractivity contribution in [2.75, 3.05) is 19.6 Å². The Hall–Kier alpha value is -0.490.